The third-order valence-corrected chi connectivity index (χ3v) is 3.56. The Morgan fingerprint density at radius 1 is 1.44 bits per heavy atom. The van der Waals surface area contributed by atoms with E-state index in [2.05, 4.69) is 43.1 Å². The highest BCUT2D eigenvalue weighted by Crippen LogP contribution is 2.22. The molecule has 2 rings (SSSR count). The number of hydrogen-bond donors (Lipinski definition) is 1. The van der Waals surface area contributed by atoms with Crippen LogP contribution in [-0.2, 0) is 6.54 Å². The summed E-state index contributed by atoms with van der Waals surface area (Å²) in [5, 5.41) is 3.38. The van der Waals surface area contributed by atoms with Gasteiger partial charge in [0.25, 0.3) is 0 Å². The summed E-state index contributed by atoms with van der Waals surface area (Å²) < 4.78 is 0. The van der Waals surface area contributed by atoms with E-state index in [1.807, 2.05) is 0 Å². The van der Waals surface area contributed by atoms with E-state index in [0.717, 1.165) is 43.6 Å². The first-order chi connectivity index (χ1) is 8.69. The number of hydrogen-bond acceptors (Lipinski definition) is 3. The van der Waals surface area contributed by atoms with Crippen molar-refractivity contribution >= 4 is 5.82 Å². The van der Waals surface area contributed by atoms with Gasteiger partial charge in [-0.3, -0.25) is 0 Å². The standard InChI is InChI=1S/C15H25N3/c1-4-16-10-14-8-13(3)17-15(9-14)18-7-5-6-12(2)11-18/h8-9,12,16H,4-7,10-11H2,1-3H3. The van der Waals surface area contributed by atoms with Gasteiger partial charge in [-0.05, 0) is 49.9 Å². The third kappa shape index (κ3) is 3.45. The van der Waals surface area contributed by atoms with Crippen molar-refractivity contribution in [2.75, 3.05) is 24.5 Å². The van der Waals surface area contributed by atoms with Gasteiger partial charge in [0.15, 0.2) is 0 Å². The van der Waals surface area contributed by atoms with Gasteiger partial charge in [-0.25, -0.2) is 4.98 Å². The van der Waals surface area contributed by atoms with Crippen LogP contribution in [0.3, 0.4) is 0 Å². The van der Waals surface area contributed by atoms with Crippen molar-refractivity contribution in [2.45, 2.75) is 40.2 Å². The molecular weight excluding hydrogens is 222 g/mol. The fraction of sp³-hybridized carbons (Fsp3) is 0.667. The van der Waals surface area contributed by atoms with Gasteiger partial charge in [-0.15, -0.1) is 0 Å². The lowest BCUT2D eigenvalue weighted by Gasteiger charge is -2.32. The molecule has 3 nitrogen and oxygen atoms in total. The zero-order valence-electron chi connectivity index (χ0n) is 11.9. The summed E-state index contributed by atoms with van der Waals surface area (Å²) in [6, 6.07) is 4.42. The van der Waals surface area contributed by atoms with Crippen LogP contribution in [0.15, 0.2) is 12.1 Å². The molecule has 0 amide bonds. The van der Waals surface area contributed by atoms with Gasteiger partial charge in [0.2, 0.25) is 0 Å². The van der Waals surface area contributed by atoms with Crippen LogP contribution in [0, 0.1) is 12.8 Å². The Hall–Kier alpha value is -1.09. The fourth-order valence-corrected chi connectivity index (χ4v) is 2.65. The second-order valence-electron chi connectivity index (χ2n) is 5.45. The van der Waals surface area contributed by atoms with Crippen LogP contribution in [0.5, 0.6) is 0 Å². The molecule has 1 aliphatic heterocycles. The van der Waals surface area contributed by atoms with E-state index in [-0.39, 0.29) is 0 Å². The number of aromatic nitrogens is 1. The molecule has 3 heteroatoms. The van der Waals surface area contributed by atoms with Gasteiger partial charge in [-0.1, -0.05) is 13.8 Å². The number of pyridine rings is 1. The van der Waals surface area contributed by atoms with Crippen molar-refractivity contribution in [3.63, 3.8) is 0 Å². The Bertz CT molecular complexity index is 389. The SMILES string of the molecule is CCNCc1cc(C)nc(N2CCCC(C)C2)c1. The van der Waals surface area contributed by atoms with Crippen LogP contribution >= 0.6 is 0 Å². The molecule has 1 aliphatic rings. The predicted molar refractivity (Wildman–Crippen MR) is 77.0 cm³/mol. The third-order valence-electron chi connectivity index (χ3n) is 3.56. The van der Waals surface area contributed by atoms with Crippen molar-refractivity contribution < 1.29 is 0 Å². The van der Waals surface area contributed by atoms with Crippen molar-refractivity contribution in [1.29, 1.82) is 0 Å². The molecular formula is C15H25N3. The van der Waals surface area contributed by atoms with E-state index in [0.29, 0.717) is 0 Å². The molecule has 1 saturated heterocycles. The maximum absolute atomic E-state index is 4.70. The topological polar surface area (TPSA) is 28.2 Å². The lowest BCUT2D eigenvalue weighted by atomic mass is 10.0. The Labute approximate surface area is 111 Å². The van der Waals surface area contributed by atoms with Crippen LogP contribution in [0.2, 0.25) is 0 Å². The van der Waals surface area contributed by atoms with E-state index in [1.165, 1.54) is 18.4 Å². The van der Waals surface area contributed by atoms with Gasteiger partial charge in [0, 0.05) is 25.3 Å². The summed E-state index contributed by atoms with van der Waals surface area (Å²) in [6.07, 6.45) is 2.64. The molecule has 1 unspecified atom stereocenters. The molecule has 1 fully saturated rings. The van der Waals surface area contributed by atoms with E-state index in [9.17, 15) is 0 Å². The molecule has 0 aromatic carbocycles. The number of piperidine rings is 1. The molecule has 1 N–H and O–H groups in total. The molecule has 0 aliphatic carbocycles. The first kappa shape index (κ1) is 13.3. The molecule has 1 aromatic heterocycles. The number of nitrogens with one attached hydrogen (secondary N) is 1. The first-order valence-corrected chi connectivity index (χ1v) is 7.12. The zero-order valence-corrected chi connectivity index (χ0v) is 11.9. The summed E-state index contributed by atoms with van der Waals surface area (Å²) >= 11 is 0. The molecule has 100 valence electrons. The molecule has 18 heavy (non-hydrogen) atoms. The summed E-state index contributed by atoms with van der Waals surface area (Å²) in [7, 11) is 0. The maximum atomic E-state index is 4.70. The Kier molecular flexibility index (Phi) is 4.59. The summed E-state index contributed by atoms with van der Waals surface area (Å²) in [6.45, 7) is 10.8. The highest BCUT2D eigenvalue weighted by Gasteiger charge is 2.17. The van der Waals surface area contributed by atoms with E-state index < -0.39 is 0 Å². The van der Waals surface area contributed by atoms with Crippen LogP contribution in [-0.4, -0.2) is 24.6 Å². The number of rotatable bonds is 4. The average molecular weight is 247 g/mol. The quantitative estimate of drug-likeness (QED) is 0.886. The minimum absolute atomic E-state index is 0.790. The Balaban J connectivity index is 2.13. The molecule has 0 spiro atoms. The minimum Gasteiger partial charge on any atom is -0.356 e. The van der Waals surface area contributed by atoms with Crippen LogP contribution < -0.4 is 10.2 Å². The largest absolute Gasteiger partial charge is 0.356 e. The van der Waals surface area contributed by atoms with Crippen molar-refractivity contribution in [2.24, 2.45) is 5.92 Å². The van der Waals surface area contributed by atoms with Crippen LogP contribution in [0.4, 0.5) is 5.82 Å². The van der Waals surface area contributed by atoms with Gasteiger partial charge in [0.05, 0.1) is 0 Å². The highest BCUT2D eigenvalue weighted by atomic mass is 15.2. The highest BCUT2D eigenvalue weighted by molar-refractivity contribution is 5.43. The first-order valence-electron chi connectivity index (χ1n) is 7.12. The van der Waals surface area contributed by atoms with Crippen LogP contribution in [0.1, 0.15) is 37.9 Å². The molecule has 1 aromatic rings. The predicted octanol–water partition coefficient (Wildman–Crippen LogP) is 2.74. The number of aryl methyl sites for hydroxylation is 1. The lowest BCUT2D eigenvalue weighted by Crippen LogP contribution is -2.35. The Morgan fingerprint density at radius 3 is 3.00 bits per heavy atom. The summed E-state index contributed by atoms with van der Waals surface area (Å²) in [5.41, 5.74) is 2.47. The second-order valence-corrected chi connectivity index (χ2v) is 5.45. The molecule has 2 heterocycles. The van der Waals surface area contributed by atoms with Gasteiger partial charge >= 0.3 is 0 Å². The maximum Gasteiger partial charge on any atom is 0.129 e. The van der Waals surface area contributed by atoms with Gasteiger partial charge in [-0.2, -0.15) is 0 Å². The monoisotopic (exact) mass is 247 g/mol. The van der Waals surface area contributed by atoms with Gasteiger partial charge in [0.1, 0.15) is 5.82 Å². The Morgan fingerprint density at radius 2 is 2.28 bits per heavy atom. The lowest BCUT2D eigenvalue weighted by molar-refractivity contribution is 0.444. The smallest absolute Gasteiger partial charge is 0.129 e. The summed E-state index contributed by atoms with van der Waals surface area (Å²) in [4.78, 5) is 7.14. The fourth-order valence-electron chi connectivity index (χ4n) is 2.65. The molecule has 1 atom stereocenters. The van der Waals surface area contributed by atoms with Crippen LogP contribution in [0.25, 0.3) is 0 Å². The number of nitrogens with zero attached hydrogens (tertiary/aromatic N) is 2. The normalized spacial score (nSPS) is 20.2. The molecule has 0 radical (unpaired) electrons. The molecule has 0 bridgehead atoms. The minimum atomic E-state index is 0.790. The van der Waals surface area contributed by atoms with E-state index in [4.69, 9.17) is 4.98 Å². The zero-order chi connectivity index (χ0) is 13.0. The second kappa shape index (κ2) is 6.19. The van der Waals surface area contributed by atoms with E-state index >= 15 is 0 Å². The van der Waals surface area contributed by atoms with Crippen molar-refractivity contribution in [1.82, 2.24) is 10.3 Å². The van der Waals surface area contributed by atoms with Crippen molar-refractivity contribution in [3.8, 4) is 0 Å². The molecule has 0 saturated carbocycles. The van der Waals surface area contributed by atoms with Gasteiger partial charge < -0.3 is 10.2 Å². The van der Waals surface area contributed by atoms with Crippen molar-refractivity contribution in [3.05, 3.63) is 23.4 Å². The summed E-state index contributed by atoms with van der Waals surface area (Å²) in [5.74, 6) is 1.95. The number of anilines is 1. The average Bonchev–Trinajstić information content (AvgIpc) is 2.36. The van der Waals surface area contributed by atoms with E-state index in [1.54, 1.807) is 0 Å².